The molecule has 29 heavy (non-hydrogen) atoms. The third-order valence-corrected chi connectivity index (χ3v) is 5.64. The number of hydrogen-bond donors (Lipinski definition) is 1. The average molecular weight is 398 g/mol. The van der Waals surface area contributed by atoms with Crippen LogP contribution in [-0.4, -0.2) is 44.2 Å². The molecule has 6 heteroatoms. The molecule has 5 nitrogen and oxygen atoms in total. The summed E-state index contributed by atoms with van der Waals surface area (Å²) in [6, 6.07) is 14.4. The predicted octanol–water partition coefficient (Wildman–Crippen LogP) is 3.48. The van der Waals surface area contributed by atoms with E-state index in [0.29, 0.717) is 32.2 Å². The average Bonchev–Trinajstić information content (AvgIpc) is 3.58. The van der Waals surface area contributed by atoms with Crippen LogP contribution in [0.3, 0.4) is 0 Å². The van der Waals surface area contributed by atoms with Crippen molar-refractivity contribution in [3.8, 4) is 5.75 Å². The van der Waals surface area contributed by atoms with E-state index >= 15 is 0 Å². The Morgan fingerprint density at radius 2 is 1.93 bits per heavy atom. The first-order valence-corrected chi connectivity index (χ1v) is 10.1. The molecule has 1 amide bonds. The Morgan fingerprint density at radius 1 is 1.21 bits per heavy atom. The second-order valence-electron chi connectivity index (χ2n) is 7.80. The van der Waals surface area contributed by atoms with E-state index in [9.17, 15) is 9.18 Å². The third kappa shape index (κ3) is 5.14. The van der Waals surface area contributed by atoms with Gasteiger partial charge >= 0.3 is 0 Å². The third-order valence-electron chi connectivity index (χ3n) is 5.64. The van der Waals surface area contributed by atoms with Crippen molar-refractivity contribution >= 4 is 5.91 Å². The van der Waals surface area contributed by atoms with Crippen LogP contribution in [0.15, 0.2) is 48.5 Å². The summed E-state index contributed by atoms with van der Waals surface area (Å²) in [4.78, 5) is 14.9. The zero-order valence-electron chi connectivity index (χ0n) is 16.6. The van der Waals surface area contributed by atoms with Crippen molar-refractivity contribution in [2.45, 2.75) is 25.0 Å². The molecular weight excluding hydrogens is 371 g/mol. The first kappa shape index (κ1) is 19.9. The Balaban J connectivity index is 1.35. The molecule has 2 aliphatic rings. The van der Waals surface area contributed by atoms with Gasteiger partial charge in [0.2, 0.25) is 5.91 Å². The summed E-state index contributed by atoms with van der Waals surface area (Å²) < 4.78 is 24.2. The van der Waals surface area contributed by atoms with Crippen LogP contribution in [-0.2, 0) is 9.53 Å². The minimum absolute atomic E-state index is 0.0254. The summed E-state index contributed by atoms with van der Waals surface area (Å²) in [6.07, 6.45) is 2.14. The van der Waals surface area contributed by atoms with E-state index in [0.717, 1.165) is 29.7 Å². The van der Waals surface area contributed by atoms with E-state index in [1.807, 2.05) is 24.3 Å². The van der Waals surface area contributed by atoms with E-state index in [1.165, 1.54) is 12.1 Å². The van der Waals surface area contributed by atoms with Crippen LogP contribution >= 0.6 is 0 Å². The summed E-state index contributed by atoms with van der Waals surface area (Å²) >= 11 is 0. The molecule has 0 spiro atoms. The van der Waals surface area contributed by atoms with Crippen LogP contribution in [0.25, 0.3) is 0 Å². The molecule has 0 radical (unpaired) electrons. The van der Waals surface area contributed by atoms with Gasteiger partial charge in [-0.15, -0.1) is 0 Å². The SMILES string of the molecule is COc1ccc(C(NC(=O)CN2CCOC(c3ccc(F)cc3)C2)C2CC2)cc1. The van der Waals surface area contributed by atoms with Crippen molar-refractivity contribution in [2.75, 3.05) is 33.4 Å². The monoisotopic (exact) mass is 398 g/mol. The zero-order valence-corrected chi connectivity index (χ0v) is 16.6. The molecule has 1 aliphatic heterocycles. The van der Waals surface area contributed by atoms with Crippen LogP contribution in [0.1, 0.15) is 36.1 Å². The van der Waals surface area contributed by atoms with Gasteiger partial charge in [0.25, 0.3) is 0 Å². The van der Waals surface area contributed by atoms with Crippen molar-refractivity contribution in [3.05, 3.63) is 65.5 Å². The van der Waals surface area contributed by atoms with Crippen molar-refractivity contribution in [3.63, 3.8) is 0 Å². The topological polar surface area (TPSA) is 50.8 Å². The highest BCUT2D eigenvalue weighted by Crippen LogP contribution is 2.41. The van der Waals surface area contributed by atoms with Crippen molar-refractivity contribution in [1.29, 1.82) is 0 Å². The molecular formula is C23H27FN2O3. The zero-order chi connectivity index (χ0) is 20.2. The minimum atomic E-state index is -0.259. The highest BCUT2D eigenvalue weighted by Gasteiger charge is 2.34. The molecule has 2 aromatic rings. The van der Waals surface area contributed by atoms with Gasteiger partial charge in [0, 0.05) is 13.1 Å². The summed E-state index contributed by atoms with van der Waals surface area (Å²) in [5, 5.41) is 3.23. The van der Waals surface area contributed by atoms with E-state index in [1.54, 1.807) is 19.2 Å². The lowest BCUT2D eigenvalue weighted by Crippen LogP contribution is -2.45. The van der Waals surface area contributed by atoms with E-state index in [2.05, 4.69) is 10.2 Å². The molecule has 2 atom stereocenters. The number of nitrogens with zero attached hydrogens (tertiary/aromatic N) is 1. The van der Waals surface area contributed by atoms with Crippen LogP contribution in [0.4, 0.5) is 4.39 Å². The molecule has 2 unspecified atom stereocenters. The number of hydrogen-bond acceptors (Lipinski definition) is 4. The van der Waals surface area contributed by atoms with Crippen molar-refractivity contribution in [1.82, 2.24) is 10.2 Å². The number of carbonyl (C=O) groups excluding carboxylic acids is 1. The number of methoxy groups -OCH3 is 1. The van der Waals surface area contributed by atoms with Crippen LogP contribution in [0.5, 0.6) is 5.75 Å². The molecule has 2 fully saturated rings. The number of benzene rings is 2. The lowest BCUT2D eigenvalue weighted by molar-refractivity contribution is -0.125. The van der Waals surface area contributed by atoms with Gasteiger partial charge in [-0.25, -0.2) is 4.39 Å². The molecule has 0 bridgehead atoms. The second-order valence-corrected chi connectivity index (χ2v) is 7.80. The van der Waals surface area contributed by atoms with Gasteiger partial charge in [-0.3, -0.25) is 9.69 Å². The lowest BCUT2D eigenvalue weighted by atomic mass is 10.0. The number of nitrogens with one attached hydrogen (secondary N) is 1. The number of ether oxygens (including phenoxy) is 2. The Morgan fingerprint density at radius 3 is 2.59 bits per heavy atom. The summed E-state index contributed by atoms with van der Waals surface area (Å²) in [7, 11) is 1.65. The molecule has 1 heterocycles. The lowest BCUT2D eigenvalue weighted by Gasteiger charge is -2.33. The van der Waals surface area contributed by atoms with Gasteiger partial charge in [0.1, 0.15) is 11.6 Å². The first-order chi connectivity index (χ1) is 14.1. The fourth-order valence-electron chi connectivity index (χ4n) is 3.86. The predicted molar refractivity (Wildman–Crippen MR) is 108 cm³/mol. The number of rotatable bonds is 7. The summed E-state index contributed by atoms with van der Waals surface area (Å²) in [5.41, 5.74) is 2.05. The standard InChI is InChI=1S/C23H27FN2O3/c1-28-20-10-6-18(7-11-20)23(17-2-3-17)25-22(27)15-26-12-13-29-21(14-26)16-4-8-19(24)9-5-16/h4-11,17,21,23H,2-3,12-15H2,1H3,(H,25,27). The minimum Gasteiger partial charge on any atom is -0.497 e. The molecule has 0 aromatic heterocycles. The molecule has 1 saturated heterocycles. The van der Waals surface area contributed by atoms with Gasteiger partial charge in [0.05, 0.1) is 32.4 Å². The number of carbonyl (C=O) groups is 1. The second kappa shape index (κ2) is 8.93. The maximum absolute atomic E-state index is 13.2. The number of halogens is 1. The van der Waals surface area contributed by atoms with Crippen molar-refractivity contribution in [2.24, 2.45) is 5.92 Å². The molecule has 2 aromatic carbocycles. The van der Waals surface area contributed by atoms with Gasteiger partial charge < -0.3 is 14.8 Å². The normalized spacial score (nSPS) is 20.8. The molecule has 1 saturated carbocycles. The van der Waals surface area contributed by atoms with Crippen molar-refractivity contribution < 1.29 is 18.7 Å². The quantitative estimate of drug-likeness (QED) is 0.776. The van der Waals surface area contributed by atoms with Crippen LogP contribution < -0.4 is 10.1 Å². The van der Waals surface area contributed by atoms with Gasteiger partial charge in [0.15, 0.2) is 0 Å². The number of amides is 1. The molecule has 1 N–H and O–H groups in total. The van der Waals surface area contributed by atoms with E-state index in [-0.39, 0.29) is 23.9 Å². The van der Waals surface area contributed by atoms with Gasteiger partial charge in [-0.1, -0.05) is 24.3 Å². The van der Waals surface area contributed by atoms with Crippen LogP contribution in [0, 0.1) is 11.7 Å². The maximum atomic E-state index is 13.2. The molecule has 4 rings (SSSR count). The Labute approximate surface area is 170 Å². The molecule has 154 valence electrons. The fourth-order valence-corrected chi connectivity index (χ4v) is 3.86. The number of morpholine rings is 1. The highest BCUT2D eigenvalue weighted by molar-refractivity contribution is 5.78. The van der Waals surface area contributed by atoms with E-state index in [4.69, 9.17) is 9.47 Å². The van der Waals surface area contributed by atoms with E-state index < -0.39 is 0 Å². The Bertz CT molecular complexity index is 821. The summed E-state index contributed by atoms with van der Waals surface area (Å²) in [6.45, 7) is 2.22. The Hall–Kier alpha value is -2.44. The highest BCUT2D eigenvalue weighted by atomic mass is 19.1. The largest absolute Gasteiger partial charge is 0.497 e. The summed E-state index contributed by atoms with van der Waals surface area (Å²) in [5.74, 6) is 1.08. The first-order valence-electron chi connectivity index (χ1n) is 10.1. The fraction of sp³-hybridized carbons (Fsp3) is 0.435. The van der Waals surface area contributed by atoms with Crippen LogP contribution in [0.2, 0.25) is 0 Å². The Kier molecular flexibility index (Phi) is 6.11. The smallest absolute Gasteiger partial charge is 0.234 e. The van der Waals surface area contributed by atoms with Gasteiger partial charge in [-0.05, 0) is 54.2 Å². The maximum Gasteiger partial charge on any atom is 0.234 e. The van der Waals surface area contributed by atoms with Gasteiger partial charge in [-0.2, -0.15) is 0 Å². The molecule has 1 aliphatic carbocycles.